The second-order valence-corrected chi connectivity index (χ2v) is 6.20. The van der Waals surface area contributed by atoms with Gasteiger partial charge >= 0.3 is 0 Å². The number of unbranched alkanes of at least 4 members (excludes halogenated alkanes) is 1. The summed E-state index contributed by atoms with van der Waals surface area (Å²) < 4.78 is 0. The van der Waals surface area contributed by atoms with Crippen LogP contribution in [0.3, 0.4) is 0 Å². The van der Waals surface area contributed by atoms with E-state index < -0.39 is 5.54 Å². The number of primary amides is 1. The van der Waals surface area contributed by atoms with Crippen molar-refractivity contribution in [1.82, 2.24) is 10.2 Å². The maximum absolute atomic E-state index is 11.6. The van der Waals surface area contributed by atoms with E-state index in [0.717, 1.165) is 38.8 Å². The quantitative estimate of drug-likeness (QED) is 0.542. The highest BCUT2D eigenvalue weighted by molar-refractivity contribution is 5.84. The summed E-state index contributed by atoms with van der Waals surface area (Å²) in [5, 5.41) is 3.29. The number of rotatable bonds is 12. The van der Waals surface area contributed by atoms with Gasteiger partial charge in [0.25, 0.3) is 0 Å². The smallest absolute Gasteiger partial charge is 0.237 e. The zero-order valence-electron chi connectivity index (χ0n) is 14.2. The van der Waals surface area contributed by atoms with Gasteiger partial charge in [-0.15, -0.1) is 0 Å². The molecule has 1 amide bonds. The molecule has 20 heavy (non-hydrogen) atoms. The molecular weight excluding hydrogens is 250 g/mol. The third-order valence-corrected chi connectivity index (χ3v) is 4.21. The minimum absolute atomic E-state index is 0.237. The molecule has 0 aliphatic rings. The first-order valence-corrected chi connectivity index (χ1v) is 8.12. The van der Waals surface area contributed by atoms with Crippen molar-refractivity contribution >= 4 is 5.91 Å². The van der Waals surface area contributed by atoms with Crippen LogP contribution >= 0.6 is 0 Å². The van der Waals surface area contributed by atoms with E-state index in [2.05, 4.69) is 38.0 Å². The molecule has 0 saturated heterocycles. The molecule has 0 saturated carbocycles. The molecule has 0 radical (unpaired) electrons. The summed E-state index contributed by atoms with van der Waals surface area (Å²) in [6.45, 7) is 10.4. The van der Waals surface area contributed by atoms with Crippen molar-refractivity contribution in [2.24, 2.45) is 5.73 Å². The summed E-state index contributed by atoms with van der Waals surface area (Å²) in [6, 6.07) is 0.640. The van der Waals surface area contributed by atoms with Crippen LogP contribution in [0, 0.1) is 0 Å². The van der Waals surface area contributed by atoms with Crippen LogP contribution in [0.25, 0.3) is 0 Å². The van der Waals surface area contributed by atoms with Crippen molar-refractivity contribution in [2.75, 3.05) is 20.1 Å². The van der Waals surface area contributed by atoms with E-state index in [1.54, 1.807) is 0 Å². The van der Waals surface area contributed by atoms with Crippen molar-refractivity contribution in [1.29, 1.82) is 0 Å². The highest BCUT2D eigenvalue weighted by Crippen LogP contribution is 2.14. The fourth-order valence-electron chi connectivity index (χ4n) is 2.40. The Morgan fingerprint density at radius 2 is 1.95 bits per heavy atom. The number of hydrogen-bond donors (Lipinski definition) is 2. The van der Waals surface area contributed by atoms with Crippen LogP contribution in [0.15, 0.2) is 0 Å². The zero-order valence-corrected chi connectivity index (χ0v) is 14.2. The number of nitrogens with zero attached hydrogens (tertiary/aromatic N) is 1. The first-order chi connectivity index (χ1) is 9.37. The van der Waals surface area contributed by atoms with Crippen LogP contribution in [0.5, 0.6) is 0 Å². The summed E-state index contributed by atoms with van der Waals surface area (Å²) in [5.41, 5.74) is 4.98. The molecule has 0 aromatic heterocycles. The van der Waals surface area contributed by atoms with Gasteiger partial charge in [0.2, 0.25) is 5.91 Å². The molecule has 2 unspecified atom stereocenters. The number of carbonyl (C=O) groups is 1. The van der Waals surface area contributed by atoms with Crippen LogP contribution in [-0.4, -0.2) is 42.5 Å². The number of carbonyl (C=O) groups excluding carboxylic acids is 1. The molecule has 120 valence electrons. The van der Waals surface area contributed by atoms with E-state index >= 15 is 0 Å². The third-order valence-electron chi connectivity index (χ3n) is 4.21. The molecule has 0 aliphatic carbocycles. The Morgan fingerprint density at radius 3 is 2.45 bits per heavy atom. The predicted molar refractivity (Wildman–Crippen MR) is 86.7 cm³/mol. The average molecular weight is 285 g/mol. The lowest BCUT2D eigenvalue weighted by atomic mass is 9.93. The SMILES string of the molecule is CCCNC(C)(CCCCN(C)C(C)CCC)C(N)=O. The lowest BCUT2D eigenvalue weighted by Gasteiger charge is -2.28. The van der Waals surface area contributed by atoms with Gasteiger partial charge in [-0.2, -0.15) is 0 Å². The number of hydrogen-bond acceptors (Lipinski definition) is 3. The van der Waals surface area contributed by atoms with Crippen LogP contribution in [0.1, 0.15) is 66.2 Å². The van der Waals surface area contributed by atoms with Gasteiger partial charge in [-0.25, -0.2) is 0 Å². The molecule has 0 aromatic carbocycles. The zero-order chi connectivity index (χ0) is 15.6. The van der Waals surface area contributed by atoms with Crippen LogP contribution < -0.4 is 11.1 Å². The van der Waals surface area contributed by atoms with Gasteiger partial charge in [-0.05, 0) is 66.1 Å². The Hall–Kier alpha value is -0.610. The van der Waals surface area contributed by atoms with Gasteiger partial charge in [0.05, 0.1) is 5.54 Å². The van der Waals surface area contributed by atoms with E-state index in [-0.39, 0.29) is 5.91 Å². The van der Waals surface area contributed by atoms with Gasteiger partial charge < -0.3 is 16.0 Å². The van der Waals surface area contributed by atoms with Crippen LogP contribution in [-0.2, 0) is 4.79 Å². The summed E-state index contributed by atoms with van der Waals surface area (Å²) in [5.74, 6) is -0.237. The van der Waals surface area contributed by atoms with Crippen LogP contribution in [0.2, 0.25) is 0 Å². The monoisotopic (exact) mass is 285 g/mol. The second-order valence-electron chi connectivity index (χ2n) is 6.20. The molecule has 4 heteroatoms. The molecule has 0 aliphatic heterocycles. The van der Waals surface area contributed by atoms with Gasteiger partial charge in [-0.3, -0.25) is 4.79 Å². The number of nitrogens with two attached hydrogens (primary N) is 1. The molecule has 0 spiro atoms. The third kappa shape index (κ3) is 7.25. The first-order valence-electron chi connectivity index (χ1n) is 8.12. The Labute approximate surface area is 125 Å². The Bertz CT molecular complexity index is 270. The molecule has 3 N–H and O–H groups in total. The minimum Gasteiger partial charge on any atom is -0.368 e. The highest BCUT2D eigenvalue weighted by atomic mass is 16.1. The first kappa shape index (κ1) is 19.4. The summed E-state index contributed by atoms with van der Waals surface area (Å²) >= 11 is 0. The highest BCUT2D eigenvalue weighted by Gasteiger charge is 2.29. The molecule has 0 heterocycles. The Morgan fingerprint density at radius 1 is 1.30 bits per heavy atom. The molecule has 0 fully saturated rings. The summed E-state index contributed by atoms with van der Waals surface area (Å²) in [6.07, 6.45) is 6.44. The lowest BCUT2D eigenvalue weighted by molar-refractivity contribution is -0.124. The molecule has 4 nitrogen and oxygen atoms in total. The molecule has 2 atom stereocenters. The average Bonchev–Trinajstić information content (AvgIpc) is 2.41. The van der Waals surface area contributed by atoms with E-state index in [1.807, 2.05) is 6.92 Å². The number of amides is 1. The number of nitrogens with one attached hydrogen (secondary N) is 1. The largest absolute Gasteiger partial charge is 0.368 e. The van der Waals surface area contributed by atoms with Gasteiger partial charge in [0.1, 0.15) is 0 Å². The molecular formula is C16H35N3O. The van der Waals surface area contributed by atoms with Crippen molar-refractivity contribution in [2.45, 2.75) is 77.8 Å². The maximum atomic E-state index is 11.6. The normalized spacial score (nSPS) is 16.1. The molecule has 0 rings (SSSR count). The summed E-state index contributed by atoms with van der Waals surface area (Å²) in [7, 11) is 2.18. The van der Waals surface area contributed by atoms with Crippen molar-refractivity contribution < 1.29 is 4.79 Å². The fourth-order valence-corrected chi connectivity index (χ4v) is 2.40. The van der Waals surface area contributed by atoms with Gasteiger partial charge in [0.15, 0.2) is 0 Å². The Balaban J connectivity index is 4.03. The van der Waals surface area contributed by atoms with E-state index in [0.29, 0.717) is 6.04 Å². The van der Waals surface area contributed by atoms with Gasteiger partial charge in [0, 0.05) is 6.04 Å². The topological polar surface area (TPSA) is 58.4 Å². The van der Waals surface area contributed by atoms with Crippen molar-refractivity contribution in [3.63, 3.8) is 0 Å². The fraction of sp³-hybridized carbons (Fsp3) is 0.938. The predicted octanol–water partition coefficient (Wildman–Crippen LogP) is 2.52. The summed E-state index contributed by atoms with van der Waals surface area (Å²) in [4.78, 5) is 14.0. The van der Waals surface area contributed by atoms with E-state index in [4.69, 9.17) is 5.73 Å². The minimum atomic E-state index is -0.552. The van der Waals surface area contributed by atoms with Crippen LogP contribution in [0.4, 0.5) is 0 Å². The second kappa shape index (κ2) is 10.2. The maximum Gasteiger partial charge on any atom is 0.237 e. The standard InChI is InChI=1S/C16H35N3O/c1-6-10-14(3)19(5)13-9-8-11-16(4,15(17)20)18-12-7-2/h14,18H,6-13H2,1-5H3,(H2,17,20). The molecule has 0 aromatic rings. The van der Waals surface area contributed by atoms with Crippen molar-refractivity contribution in [3.8, 4) is 0 Å². The van der Waals surface area contributed by atoms with E-state index in [9.17, 15) is 4.79 Å². The van der Waals surface area contributed by atoms with Gasteiger partial charge in [-0.1, -0.05) is 20.3 Å². The van der Waals surface area contributed by atoms with E-state index in [1.165, 1.54) is 12.8 Å². The van der Waals surface area contributed by atoms with Crippen molar-refractivity contribution in [3.05, 3.63) is 0 Å². The Kier molecular flexibility index (Phi) is 9.86. The lowest BCUT2D eigenvalue weighted by Crippen LogP contribution is -2.53. The molecule has 0 bridgehead atoms.